The third-order valence-corrected chi connectivity index (χ3v) is 5.62. The minimum absolute atomic E-state index is 0.192. The highest BCUT2D eigenvalue weighted by Gasteiger charge is 2.19. The number of hydrogen-bond donors (Lipinski definition) is 3. The number of aryl methyl sites for hydroxylation is 1. The highest BCUT2D eigenvalue weighted by Crippen LogP contribution is 2.31. The number of nitriles is 1. The molecule has 0 aliphatic heterocycles. The van der Waals surface area contributed by atoms with Crippen LogP contribution in [0.25, 0.3) is 21.8 Å². The van der Waals surface area contributed by atoms with Gasteiger partial charge in [0, 0.05) is 46.2 Å². The van der Waals surface area contributed by atoms with E-state index in [1.807, 2.05) is 50.2 Å². The van der Waals surface area contributed by atoms with Gasteiger partial charge in [0.05, 0.1) is 0 Å². The fourth-order valence-electron chi connectivity index (χ4n) is 3.95. The maximum atomic E-state index is 12.6. The molecule has 0 saturated carbocycles. The number of allylic oxidation sites excluding steroid dienone is 1. The van der Waals surface area contributed by atoms with Gasteiger partial charge in [-0.15, -0.1) is 0 Å². The van der Waals surface area contributed by atoms with Crippen molar-refractivity contribution >= 4 is 45.3 Å². The third-order valence-electron chi connectivity index (χ3n) is 5.62. The van der Waals surface area contributed by atoms with E-state index in [1.54, 1.807) is 0 Å². The molecule has 3 rings (SSSR count). The molecule has 3 aromatic rings. The molecule has 1 heterocycles. The van der Waals surface area contributed by atoms with Crippen molar-refractivity contribution in [3.05, 3.63) is 53.7 Å². The summed E-state index contributed by atoms with van der Waals surface area (Å²) in [6, 6.07) is 15.0. The quantitative estimate of drug-likeness (QED) is 0.325. The molecular formula is C26H29N5O3. The lowest BCUT2D eigenvalue weighted by Crippen LogP contribution is -2.43. The zero-order chi connectivity index (χ0) is 24.7. The number of imide groups is 2. The Kier molecular flexibility index (Phi) is 8.04. The summed E-state index contributed by atoms with van der Waals surface area (Å²) in [6.07, 6.45) is 2.01. The molecule has 0 spiro atoms. The van der Waals surface area contributed by atoms with Gasteiger partial charge >= 0.3 is 6.03 Å². The van der Waals surface area contributed by atoms with Gasteiger partial charge in [-0.05, 0) is 44.0 Å². The fourth-order valence-corrected chi connectivity index (χ4v) is 3.95. The largest absolute Gasteiger partial charge is 0.358 e. The Bertz CT molecular complexity index is 1310. The SMILES string of the molecule is CCCCC(=O)NC(=O)NC(=O)/C(C#N)=C(\CC)Nc1ccc2c(c1)c1ccccc1n2CC. The lowest BCUT2D eigenvalue weighted by atomic mass is 10.1. The summed E-state index contributed by atoms with van der Waals surface area (Å²) >= 11 is 0. The van der Waals surface area contributed by atoms with Crippen molar-refractivity contribution < 1.29 is 14.4 Å². The Labute approximate surface area is 198 Å². The zero-order valence-electron chi connectivity index (χ0n) is 19.7. The zero-order valence-corrected chi connectivity index (χ0v) is 19.7. The first-order chi connectivity index (χ1) is 16.4. The van der Waals surface area contributed by atoms with Crippen LogP contribution in [0.3, 0.4) is 0 Å². The van der Waals surface area contributed by atoms with E-state index >= 15 is 0 Å². The highest BCUT2D eigenvalue weighted by atomic mass is 16.2. The molecule has 4 amide bonds. The second kappa shape index (κ2) is 11.1. The summed E-state index contributed by atoms with van der Waals surface area (Å²) in [5.74, 6) is -1.33. The van der Waals surface area contributed by atoms with Crippen molar-refractivity contribution in [1.82, 2.24) is 15.2 Å². The van der Waals surface area contributed by atoms with Gasteiger partial charge in [0.1, 0.15) is 11.6 Å². The van der Waals surface area contributed by atoms with E-state index in [0.29, 0.717) is 18.5 Å². The summed E-state index contributed by atoms with van der Waals surface area (Å²) in [6.45, 7) is 6.67. The lowest BCUT2D eigenvalue weighted by molar-refractivity contribution is -0.120. The molecule has 1 aromatic heterocycles. The molecule has 8 nitrogen and oxygen atoms in total. The number of rotatable bonds is 8. The van der Waals surface area contributed by atoms with Crippen molar-refractivity contribution in [3.63, 3.8) is 0 Å². The van der Waals surface area contributed by atoms with Crippen LogP contribution >= 0.6 is 0 Å². The lowest BCUT2D eigenvalue weighted by Gasteiger charge is -2.13. The van der Waals surface area contributed by atoms with Gasteiger partial charge in [0.2, 0.25) is 5.91 Å². The first kappa shape index (κ1) is 24.5. The predicted molar refractivity (Wildman–Crippen MR) is 133 cm³/mol. The standard InChI is InChI=1S/C26H29N5O3/c1-4-7-12-24(32)29-26(34)30-25(33)20(16-27)21(5-2)28-17-13-14-23-19(15-17)18-10-8-9-11-22(18)31(23)6-3/h8-11,13-15,28H,4-7,12H2,1-3H3,(H2,29,30,32,33,34)/b21-20+. The van der Waals surface area contributed by atoms with E-state index in [-0.39, 0.29) is 12.0 Å². The minimum atomic E-state index is -0.942. The number of aromatic nitrogens is 1. The molecule has 34 heavy (non-hydrogen) atoms. The van der Waals surface area contributed by atoms with Crippen molar-refractivity contribution in [2.75, 3.05) is 5.32 Å². The Hall–Kier alpha value is -4.12. The number of fused-ring (bicyclic) bond motifs is 3. The molecule has 0 fully saturated rings. The molecule has 0 saturated heterocycles. The topological polar surface area (TPSA) is 116 Å². The molecule has 176 valence electrons. The number of nitrogens with zero attached hydrogens (tertiary/aromatic N) is 2. The van der Waals surface area contributed by atoms with Gasteiger partial charge in [-0.3, -0.25) is 20.2 Å². The number of carbonyl (C=O) groups excluding carboxylic acids is 3. The summed E-state index contributed by atoms with van der Waals surface area (Å²) in [4.78, 5) is 36.3. The van der Waals surface area contributed by atoms with Crippen LogP contribution in [0.15, 0.2) is 53.7 Å². The fraction of sp³-hybridized carbons (Fsp3) is 0.308. The number of urea groups is 1. The third kappa shape index (κ3) is 5.26. The van der Waals surface area contributed by atoms with Crippen molar-refractivity contribution in [2.24, 2.45) is 0 Å². The molecular weight excluding hydrogens is 430 g/mol. The van der Waals surface area contributed by atoms with Gasteiger partial charge in [-0.25, -0.2) is 4.79 Å². The summed E-state index contributed by atoms with van der Waals surface area (Å²) < 4.78 is 2.24. The number of unbranched alkanes of at least 4 members (excludes halogenated alkanes) is 1. The number of nitrogens with one attached hydrogen (secondary N) is 3. The number of amides is 4. The van der Waals surface area contributed by atoms with E-state index in [1.165, 1.54) is 0 Å². The predicted octanol–water partition coefficient (Wildman–Crippen LogP) is 4.96. The minimum Gasteiger partial charge on any atom is -0.358 e. The van der Waals surface area contributed by atoms with Gasteiger partial charge in [-0.2, -0.15) is 5.26 Å². The maximum absolute atomic E-state index is 12.6. The van der Waals surface area contributed by atoms with E-state index in [2.05, 4.69) is 39.6 Å². The summed E-state index contributed by atoms with van der Waals surface area (Å²) in [5, 5.41) is 19.2. The first-order valence-corrected chi connectivity index (χ1v) is 11.5. The van der Waals surface area contributed by atoms with Crippen molar-refractivity contribution in [3.8, 4) is 6.07 Å². The molecule has 3 N–H and O–H groups in total. The van der Waals surface area contributed by atoms with E-state index < -0.39 is 17.8 Å². The van der Waals surface area contributed by atoms with Crippen molar-refractivity contribution in [2.45, 2.75) is 53.0 Å². The number of hydrogen-bond acceptors (Lipinski definition) is 5. The molecule has 2 aromatic carbocycles. The van der Waals surface area contributed by atoms with Crippen LogP contribution in [0.1, 0.15) is 46.5 Å². The molecule has 0 aliphatic rings. The molecule has 0 aliphatic carbocycles. The van der Waals surface area contributed by atoms with Crippen LogP contribution in [0.4, 0.5) is 10.5 Å². The van der Waals surface area contributed by atoms with Gasteiger partial charge in [0.25, 0.3) is 5.91 Å². The number of carbonyl (C=O) groups is 3. The van der Waals surface area contributed by atoms with Crippen LogP contribution in [-0.2, 0) is 16.1 Å². The molecule has 0 bridgehead atoms. The number of anilines is 1. The Morgan fingerprint density at radius 3 is 2.38 bits per heavy atom. The number of benzene rings is 2. The van der Waals surface area contributed by atoms with Gasteiger partial charge in [0.15, 0.2) is 0 Å². The second-order valence-electron chi connectivity index (χ2n) is 7.87. The second-order valence-corrected chi connectivity index (χ2v) is 7.87. The van der Waals surface area contributed by atoms with Crippen LogP contribution in [0, 0.1) is 11.3 Å². The Balaban J connectivity index is 1.85. The summed E-state index contributed by atoms with van der Waals surface area (Å²) in [7, 11) is 0. The first-order valence-electron chi connectivity index (χ1n) is 11.5. The van der Waals surface area contributed by atoms with Gasteiger partial charge < -0.3 is 9.88 Å². The maximum Gasteiger partial charge on any atom is 0.328 e. The summed E-state index contributed by atoms with van der Waals surface area (Å²) in [5.41, 5.74) is 3.13. The van der Waals surface area contributed by atoms with E-state index in [0.717, 1.165) is 40.5 Å². The van der Waals surface area contributed by atoms with Gasteiger partial charge in [-0.1, -0.05) is 38.5 Å². The smallest absolute Gasteiger partial charge is 0.328 e. The molecule has 0 atom stereocenters. The van der Waals surface area contributed by atoms with E-state index in [9.17, 15) is 19.6 Å². The molecule has 8 heteroatoms. The molecule has 0 radical (unpaired) electrons. The average Bonchev–Trinajstić information content (AvgIpc) is 3.15. The van der Waals surface area contributed by atoms with Crippen molar-refractivity contribution in [1.29, 1.82) is 5.26 Å². The monoisotopic (exact) mass is 459 g/mol. The Morgan fingerprint density at radius 2 is 1.71 bits per heavy atom. The number of para-hydroxylation sites is 1. The van der Waals surface area contributed by atoms with E-state index in [4.69, 9.17) is 0 Å². The average molecular weight is 460 g/mol. The van der Waals surface area contributed by atoms with Crippen LogP contribution in [-0.4, -0.2) is 22.4 Å². The van der Waals surface area contributed by atoms with Crippen LogP contribution < -0.4 is 16.0 Å². The Morgan fingerprint density at radius 1 is 0.971 bits per heavy atom. The highest BCUT2D eigenvalue weighted by molar-refractivity contribution is 6.10. The normalized spacial score (nSPS) is 11.6. The molecule has 0 unspecified atom stereocenters. The van der Waals surface area contributed by atoms with Crippen LogP contribution in [0.5, 0.6) is 0 Å². The van der Waals surface area contributed by atoms with Crippen LogP contribution in [0.2, 0.25) is 0 Å².